The van der Waals surface area contributed by atoms with E-state index in [4.69, 9.17) is 33.9 Å². The number of carbonyl (C=O) groups is 2. The molecule has 4 aromatic rings. The van der Waals surface area contributed by atoms with Crippen LogP contribution in [0.3, 0.4) is 0 Å². The molecule has 0 bridgehead atoms. The monoisotopic (exact) mass is 818 g/mol. The Morgan fingerprint density at radius 3 is 1.05 bits per heavy atom. The number of hydrogen-bond donors (Lipinski definition) is 2. The van der Waals surface area contributed by atoms with Gasteiger partial charge in [0.25, 0.3) is 10.3 Å². The van der Waals surface area contributed by atoms with Crippen molar-refractivity contribution < 1.29 is 29.3 Å². The predicted octanol–water partition coefficient (Wildman–Crippen LogP) is 8.85. The third-order valence-electron chi connectivity index (χ3n) is 10.5. The van der Waals surface area contributed by atoms with Crippen molar-refractivity contribution in [2.45, 2.75) is 89.9 Å². The van der Waals surface area contributed by atoms with Crippen LogP contribution in [0.4, 0.5) is 0 Å². The van der Waals surface area contributed by atoms with Crippen LogP contribution in [-0.2, 0) is 30.3 Å². The first-order valence-electron chi connectivity index (χ1n) is 19.8. The molecule has 2 aliphatic heterocycles. The van der Waals surface area contributed by atoms with Crippen LogP contribution in [0.25, 0.3) is 0 Å². The Labute approximate surface area is 353 Å². The van der Waals surface area contributed by atoms with E-state index in [1.165, 1.54) is 0 Å². The van der Waals surface area contributed by atoms with Crippen LogP contribution in [0.15, 0.2) is 146 Å². The fourth-order valence-electron chi connectivity index (χ4n) is 8.26. The van der Waals surface area contributed by atoms with Crippen molar-refractivity contribution in [3.05, 3.63) is 168 Å². The van der Waals surface area contributed by atoms with Crippen molar-refractivity contribution >= 4 is 46.6 Å². The topological polar surface area (TPSA) is 99.5 Å². The first-order chi connectivity index (χ1) is 27.8. The van der Waals surface area contributed by atoms with Crippen molar-refractivity contribution in [3.63, 3.8) is 0 Å². The summed E-state index contributed by atoms with van der Waals surface area (Å²) < 4.78 is 12.8. The normalized spacial score (nSPS) is 19.6. The van der Waals surface area contributed by atoms with Gasteiger partial charge in [-0.2, -0.15) is 0 Å². The SMILES string of the molecule is C/C=C/[C@@H](O)CC(=O)N1C(=S)OC(c2ccccc2)(c2ccccc2)[C@@H]1C(C)C.C/C=C/[C@H](O)CC(=O)N1C(=S)OC(c2ccccc2)(c2ccccc2)[C@@H]1C(C)C. The molecule has 10 heteroatoms. The van der Waals surface area contributed by atoms with Gasteiger partial charge in [-0.15, -0.1) is 0 Å². The molecule has 304 valence electrons. The van der Waals surface area contributed by atoms with Crippen molar-refractivity contribution in [2.75, 3.05) is 0 Å². The lowest BCUT2D eigenvalue weighted by atomic mass is 9.75. The summed E-state index contributed by atoms with van der Waals surface area (Å²) in [5.74, 6) is -0.376. The fourth-order valence-corrected chi connectivity index (χ4v) is 8.96. The van der Waals surface area contributed by atoms with Gasteiger partial charge in [-0.1, -0.05) is 173 Å². The van der Waals surface area contributed by atoms with Gasteiger partial charge in [0.2, 0.25) is 11.8 Å². The van der Waals surface area contributed by atoms with Gasteiger partial charge in [0.1, 0.15) is 0 Å². The predicted molar refractivity (Wildman–Crippen MR) is 237 cm³/mol. The molecule has 8 nitrogen and oxygen atoms in total. The Morgan fingerprint density at radius 2 is 0.828 bits per heavy atom. The summed E-state index contributed by atoms with van der Waals surface area (Å²) in [6.45, 7) is 11.9. The summed E-state index contributed by atoms with van der Waals surface area (Å²) in [5.41, 5.74) is 1.95. The molecule has 0 unspecified atom stereocenters. The third kappa shape index (κ3) is 9.00. The van der Waals surface area contributed by atoms with Gasteiger partial charge >= 0.3 is 0 Å². The van der Waals surface area contributed by atoms with E-state index in [9.17, 15) is 19.8 Å². The second-order valence-electron chi connectivity index (χ2n) is 15.2. The highest BCUT2D eigenvalue weighted by molar-refractivity contribution is 7.80. The van der Waals surface area contributed by atoms with E-state index < -0.39 is 23.4 Å². The minimum absolute atomic E-state index is 0.0449. The summed E-state index contributed by atoms with van der Waals surface area (Å²) >= 11 is 11.1. The Kier molecular flexibility index (Phi) is 14.9. The van der Waals surface area contributed by atoms with Crippen LogP contribution in [0.1, 0.15) is 76.6 Å². The van der Waals surface area contributed by atoms with Gasteiger partial charge in [0.15, 0.2) is 11.2 Å². The Balaban J connectivity index is 0.000000221. The number of aliphatic hydroxyl groups excluding tert-OH is 2. The van der Waals surface area contributed by atoms with Crippen LogP contribution in [0.2, 0.25) is 0 Å². The molecule has 2 N–H and O–H groups in total. The van der Waals surface area contributed by atoms with Crippen molar-refractivity contribution in [1.82, 2.24) is 9.80 Å². The molecule has 0 spiro atoms. The third-order valence-corrected chi connectivity index (χ3v) is 11.0. The van der Waals surface area contributed by atoms with Crippen LogP contribution < -0.4 is 0 Å². The second-order valence-corrected chi connectivity index (χ2v) is 15.9. The quantitative estimate of drug-likeness (QED) is 0.108. The number of hydrogen-bond acceptors (Lipinski definition) is 8. The number of allylic oxidation sites excluding steroid dienone is 2. The summed E-state index contributed by atoms with van der Waals surface area (Å²) in [6.07, 6.45) is 4.86. The van der Waals surface area contributed by atoms with Gasteiger partial charge in [0, 0.05) is 22.3 Å². The first-order valence-corrected chi connectivity index (χ1v) is 20.6. The van der Waals surface area contributed by atoms with Gasteiger partial charge < -0.3 is 19.7 Å². The molecule has 2 amide bonds. The minimum atomic E-state index is -0.908. The molecule has 6 rings (SSSR count). The van der Waals surface area contributed by atoms with Crippen molar-refractivity contribution in [2.24, 2.45) is 11.8 Å². The zero-order valence-corrected chi connectivity index (χ0v) is 35.6. The summed E-state index contributed by atoms with van der Waals surface area (Å²) in [4.78, 5) is 29.5. The van der Waals surface area contributed by atoms with E-state index in [0.717, 1.165) is 22.3 Å². The zero-order chi connectivity index (χ0) is 42.0. The smallest absolute Gasteiger partial charge is 0.267 e. The lowest BCUT2D eigenvalue weighted by molar-refractivity contribution is -0.132. The number of rotatable bonds is 12. The molecule has 4 aromatic carbocycles. The van der Waals surface area contributed by atoms with E-state index in [1.807, 2.05) is 135 Å². The molecular formula is C48H54N2O6S2. The van der Waals surface area contributed by atoms with Crippen LogP contribution >= 0.6 is 24.4 Å². The van der Waals surface area contributed by atoms with Gasteiger partial charge in [0.05, 0.1) is 37.1 Å². The van der Waals surface area contributed by atoms with Crippen molar-refractivity contribution in [3.8, 4) is 0 Å². The van der Waals surface area contributed by atoms with E-state index in [2.05, 4.69) is 27.7 Å². The standard InChI is InChI=1S/2C24H27NO3S/c2*1-4-11-20(26)16-21(27)25-22(17(2)3)24(28-23(25)29,18-12-7-5-8-13-18)19-14-9-6-10-15-19/h2*4-15,17,20,22,26H,16H2,1-3H3/b2*11-4+/t20-,22+;20-,22-/m10/s1. The highest BCUT2D eigenvalue weighted by Crippen LogP contribution is 2.49. The van der Waals surface area contributed by atoms with Crippen LogP contribution in [0, 0.1) is 11.8 Å². The highest BCUT2D eigenvalue weighted by atomic mass is 32.1. The first kappa shape index (κ1) is 44.1. The number of aliphatic hydroxyl groups is 2. The molecule has 2 aliphatic rings. The molecular weight excluding hydrogens is 765 g/mol. The number of amides is 2. The largest absolute Gasteiger partial charge is 0.452 e. The Bertz CT molecular complexity index is 1830. The maximum atomic E-state index is 13.2. The molecule has 0 aliphatic carbocycles. The number of thiocarbonyl (C=S) groups is 2. The minimum Gasteiger partial charge on any atom is -0.452 e. The highest BCUT2D eigenvalue weighted by Gasteiger charge is 2.59. The maximum absolute atomic E-state index is 13.2. The molecule has 0 radical (unpaired) electrons. The van der Waals surface area contributed by atoms with E-state index in [1.54, 1.807) is 34.1 Å². The Hall–Kier alpha value is -5.00. The summed E-state index contributed by atoms with van der Waals surface area (Å²) in [6, 6.07) is 38.9. The number of ether oxygens (including phenoxy) is 2. The maximum Gasteiger partial charge on any atom is 0.267 e. The number of carbonyl (C=O) groups excluding carboxylic acids is 2. The lowest BCUT2D eigenvalue weighted by Crippen LogP contribution is -2.50. The average Bonchev–Trinajstić information content (AvgIpc) is 3.72. The zero-order valence-electron chi connectivity index (χ0n) is 34.0. The lowest BCUT2D eigenvalue weighted by Gasteiger charge is -2.38. The molecule has 2 heterocycles. The summed E-state index contributed by atoms with van der Waals surface area (Å²) in [5, 5.41) is 20.6. The second kappa shape index (κ2) is 19.6. The molecule has 0 saturated carbocycles. The van der Waals surface area contributed by atoms with E-state index in [0.29, 0.717) is 0 Å². The molecule has 2 saturated heterocycles. The van der Waals surface area contributed by atoms with Crippen LogP contribution in [-0.4, -0.2) is 66.5 Å². The average molecular weight is 819 g/mol. The van der Waals surface area contributed by atoms with E-state index >= 15 is 0 Å². The Morgan fingerprint density at radius 1 is 0.569 bits per heavy atom. The fraction of sp³-hybridized carbons (Fsp3) is 0.333. The number of benzene rings is 4. The van der Waals surface area contributed by atoms with Gasteiger partial charge in [-0.05, 0) is 50.1 Å². The molecule has 2 fully saturated rings. The molecule has 0 aromatic heterocycles. The van der Waals surface area contributed by atoms with E-state index in [-0.39, 0.29) is 58.9 Å². The molecule has 58 heavy (non-hydrogen) atoms. The van der Waals surface area contributed by atoms with Crippen molar-refractivity contribution in [1.29, 1.82) is 0 Å². The van der Waals surface area contributed by atoms with Gasteiger partial charge in [-0.25, -0.2) is 0 Å². The number of nitrogens with zero attached hydrogens (tertiary/aromatic N) is 2. The van der Waals surface area contributed by atoms with Crippen LogP contribution in [0.5, 0.6) is 0 Å². The van der Waals surface area contributed by atoms with Gasteiger partial charge in [-0.3, -0.25) is 19.4 Å². The summed E-state index contributed by atoms with van der Waals surface area (Å²) in [7, 11) is 0. The molecule has 4 atom stereocenters.